The van der Waals surface area contributed by atoms with E-state index in [0.29, 0.717) is 0 Å². The minimum absolute atomic E-state index is 0.161. The van der Waals surface area contributed by atoms with Gasteiger partial charge in [-0.25, -0.2) is 0 Å². The van der Waals surface area contributed by atoms with Gasteiger partial charge in [0, 0.05) is 19.0 Å². The van der Waals surface area contributed by atoms with Crippen molar-refractivity contribution in [2.75, 3.05) is 19.6 Å². The lowest BCUT2D eigenvalue weighted by Gasteiger charge is -2.11. The van der Waals surface area contributed by atoms with Gasteiger partial charge in [-0.1, -0.05) is 5.92 Å². The van der Waals surface area contributed by atoms with Gasteiger partial charge in [0.2, 0.25) is 0 Å². The maximum Gasteiger partial charge on any atom is 0.296 e. The van der Waals surface area contributed by atoms with E-state index in [0.717, 1.165) is 13.0 Å². The van der Waals surface area contributed by atoms with Crippen LogP contribution in [0.2, 0.25) is 0 Å². The van der Waals surface area contributed by atoms with Gasteiger partial charge >= 0.3 is 0 Å². The van der Waals surface area contributed by atoms with Crippen molar-refractivity contribution in [3.8, 4) is 11.8 Å². The summed E-state index contributed by atoms with van der Waals surface area (Å²) in [7, 11) is 0. The van der Waals surface area contributed by atoms with Crippen LogP contribution in [0.25, 0.3) is 0 Å². The SMILES string of the molecule is CC(C)NC(=O)C#CCCN1CCCC1. The van der Waals surface area contributed by atoms with Gasteiger partial charge in [-0.05, 0) is 45.7 Å². The first-order chi connectivity index (χ1) is 7.18. The Morgan fingerprint density at radius 2 is 2.07 bits per heavy atom. The van der Waals surface area contributed by atoms with Gasteiger partial charge in [-0.2, -0.15) is 0 Å². The Balaban J connectivity index is 2.12. The van der Waals surface area contributed by atoms with Gasteiger partial charge in [-0.15, -0.1) is 0 Å². The Bertz CT molecular complexity index is 257. The van der Waals surface area contributed by atoms with Crippen molar-refractivity contribution in [1.82, 2.24) is 10.2 Å². The van der Waals surface area contributed by atoms with Crippen LogP contribution in [0.4, 0.5) is 0 Å². The molecule has 0 bridgehead atoms. The highest BCUT2D eigenvalue weighted by Gasteiger charge is 2.09. The average molecular weight is 208 g/mol. The van der Waals surface area contributed by atoms with Crippen LogP contribution in [-0.4, -0.2) is 36.5 Å². The van der Waals surface area contributed by atoms with Crippen molar-refractivity contribution in [3.05, 3.63) is 0 Å². The Labute approximate surface area is 92.2 Å². The smallest absolute Gasteiger partial charge is 0.296 e. The first-order valence-corrected chi connectivity index (χ1v) is 5.70. The Kier molecular flexibility index (Phi) is 5.20. The Morgan fingerprint density at radius 1 is 1.40 bits per heavy atom. The van der Waals surface area contributed by atoms with Gasteiger partial charge in [0.1, 0.15) is 0 Å². The number of nitrogens with one attached hydrogen (secondary N) is 1. The molecule has 0 aromatic rings. The fourth-order valence-corrected chi connectivity index (χ4v) is 1.66. The summed E-state index contributed by atoms with van der Waals surface area (Å²) in [6.07, 6.45) is 3.41. The number of carbonyl (C=O) groups is 1. The van der Waals surface area contributed by atoms with Crippen LogP contribution in [0.1, 0.15) is 33.1 Å². The monoisotopic (exact) mass is 208 g/mol. The molecular formula is C12H20N2O. The molecule has 1 fully saturated rings. The minimum atomic E-state index is -0.161. The molecule has 3 nitrogen and oxygen atoms in total. The first-order valence-electron chi connectivity index (χ1n) is 5.70. The van der Waals surface area contributed by atoms with Crippen molar-refractivity contribution < 1.29 is 4.79 Å². The van der Waals surface area contributed by atoms with E-state index < -0.39 is 0 Å². The molecule has 0 atom stereocenters. The van der Waals surface area contributed by atoms with E-state index in [1.165, 1.54) is 25.9 Å². The van der Waals surface area contributed by atoms with Gasteiger partial charge in [0.05, 0.1) is 0 Å². The molecule has 1 N–H and O–H groups in total. The van der Waals surface area contributed by atoms with Crippen molar-refractivity contribution >= 4 is 5.91 Å². The van der Waals surface area contributed by atoms with Crippen molar-refractivity contribution in [2.24, 2.45) is 0 Å². The van der Waals surface area contributed by atoms with Crippen LogP contribution < -0.4 is 5.32 Å². The molecule has 1 rings (SSSR count). The Hall–Kier alpha value is -1.01. The molecule has 84 valence electrons. The molecule has 1 amide bonds. The third-order valence-corrected chi connectivity index (χ3v) is 2.37. The average Bonchev–Trinajstić information content (AvgIpc) is 2.63. The largest absolute Gasteiger partial charge is 0.343 e. The fraction of sp³-hybridized carbons (Fsp3) is 0.750. The number of carbonyl (C=O) groups excluding carboxylic acids is 1. The molecule has 0 saturated carbocycles. The van der Waals surface area contributed by atoms with Crippen LogP contribution in [0.15, 0.2) is 0 Å². The molecule has 1 heterocycles. The molecule has 0 aliphatic carbocycles. The number of rotatable bonds is 3. The van der Waals surface area contributed by atoms with E-state index in [9.17, 15) is 4.79 Å². The molecule has 1 aliphatic rings. The second-order valence-corrected chi connectivity index (χ2v) is 4.23. The van der Waals surface area contributed by atoms with E-state index in [1.54, 1.807) is 0 Å². The van der Waals surface area contributed by atoms with Gasteiger partial charge < -0.3 is 10.2 Å². The zero-order chi connectivity index (χ0) is 11.1. The summed E-state index contributed by atoms with van der Waals surface area (Å²) < 4.78 is 0. The van der Waals surface area contributed by atoms with Crippen LogP contribution in [0, 0.1) is 11.8 Å². The maximum absolute atomic E-state index is 11.2. The highest BCUT2D eigenvalue weighted by molar-refractivity contribution is 5.93. The topological polar surface area (TPSA) is 32.3 Å². The maximum atomic E-state index is 11.2. The van der Waals surface area contributed by atoms with Crippen molar-refractivity contribution in [1.29, 1.82) is 0 Å². The summed E-state index contributed by atoms with van der Waals surface area (Å²) in [6.45, 7) is 7.26. The zero-order valence-electron chi connectivity index (χ0n) is 9.68. The first kappa shape index (κ1) is 12.1. The molecular weight excluding hydrogens is 188 g/mol. The van der Waals surface area contributed by atoms with Crippen LogP contribution in [0.3, 0.4) is 0 Å². The Morgan fingerprint density at radius 3 is 2.67 bits per heavy atom. The quantitative estimate of drug-likeness (QED) is 0.702. The summed E-state index contributed by atoms with van der Waals surface area (Å²) in [5, 5.41) is 2.75. The van der Waals surface area contributed by atoms with E-state index in [4.69, 9.17) is 0 Å². The number of hydrogen-bond donors (Lipinski definition) is 1. The summed E-state index contributed by atoms with van der Waals surface area (Å²) in [6, 6.07) is 0.172. The fourth-order valence-electron chi connectivity index (χ4n) is 1.66. The molecule has 15 heavy (non-hydrogen) atoms. The molecule has 0 spiro atoms. The molecule has 0 unspecified atom stereocenters. The van der Waals surface area contributed by atoms with Gasteiger partial charge in [0.25, 0.3) is 5.91 Å². The molecule has 0 aromatic heterocycles. The third kappa shape index (κ3) is 5.44. The second kappa shape index (κ2) is 6.47. The molecule has 1 saturated heterocycles. The summed E-state index contributed by atoms with van der Waals surface area (Å²) in [5.74, 6) is 5.36. The van der Waals surface area contributed by atoms with Crippen molar-refractivity contribution in [2.45, 2.75) is 39.2 Å². The number of hydrogen-bond acceptors (Lipinski definition) is 2. The highest BCUT2D eigenvalue weighted by Crippen LogP contribution is 2.06. The lowest BCUT2D eigenvalue weighted by molar-refractivity contribution is -0.116. The molecule has 3 heteroatoms. The number of likely N-dealkylation sites (tertiary alicyclic amines) is 1. The number of amides is 1. The second-order valence-electron chi connectivity index (χ2n) is 4.23. The standard InChI is InChI=1S/C12H20N2O/c1-11(2)13-12(15)7-3-4-8-14-9-5-6-10-14/h11H,4-6,8-10H2,1-2H3,(H,13,15). The molecule has 1 aliphatic heterocycles. The van der Waals surface area contributed by atoms with E-state index in [-0.39, 0.29) is 11.9 Å². The van der Waals surface area contributed by atoms with E-state index in [2.05, 4.69) is 22.1 Å². The molecule has 0 aromatic carbocycles. The predicted molar refractivity (Wildman–Crippen MR) is 61.3 cm³/mol. The normalized spacial score (nSPS) is 16.2. The van der Waals surface area contributed by atoms with Crippen molar-refractivity contribution in [3.63, 3.8) is 0 Å². The van der Waals surface area contributed by atoms with Gasteiger partial charge in [0.15, 0.2) is 0 Å². The molecule has 0 radical (unpaired) electrons. The summed E-state index contributed by atoms with van der Waals surface area (Å²) in [4.78, 5) is 13.5. The van der Waals surface area contributed by atoms with Gasteiger partial charge in [-0.3, -0.25) is 4.79 Å². The van der Waals surface area contributed by atoms with E-state index >= 15 is 0 Å². The predicted octanol–water partition coefficient (Wildman–Crippen LogP) is 1.00. The van der Waals surface area contributed by atoms with Crippen LogP contribution >= 0.6 is 0 Å². The van der Waals surface area contributed by atoms with E-state index in [1.807, 2.05) is 13.8 Å². The summed E-state index contributed by atoms with van der Waals surface area (Å²) in [5.41, 5.74) is 0. The zero-order valence-corrected chi connectivity index (χ0v) is 9.68. The minimum Gasteiger partial charge on any atom is -0.343 e. The van der Waals surface area contributed by atoms with Crippen LogP contribution in [-0.2, 0) is 4.79 Å². The summed E-state index contributed by atoms with van der Waals surface area (Å²) >= 11 is 0. The lowest BCUT2D eigenvalue weighted by atomic mass is 10.3. The lowest BCUT2D eigenvalue weighted by Crippen LogP contribution is -2.28. The third-order valence-electron chi connectivity index (χ3n) is 2.37. The highest BCUT2D eigenvalue weighted by atomic mass is 16.1. The number of nitrogens with zero attached hydrogens (tertiary/aromatic N) is 1. The van der Waals surface area contributed by atoms with Crippen LogP contribution in [0.5, 0.6) is 0 Å².